The molecule has 0 spiro atoms. The van der Waals surface area contributed by atoms with Gasteiger partial charge in [-0.3, -0.25) is 4.79 Å². The van der Waals surface area contributed by atoms with E-state index in [2.05, 4.69) is 23.9 Å². The van der Waals surface area contributed by atoms with Crippen LogP contribution in [-0.4, -0.2) is 38.8 Å². The maximum atomic E-state index is 12.8. The minimum Gasteiger partial charge on any atom is -0.357 e. The van der Waals surface area contributed by atoms with E-state index in [-0.39, 0.29) is 11.9 Å². The molecule has 1 amide bonds. The van der Waals surface area contributed by atoms with E-state index in [1.54, 1.807) is 30.6 Å². The van der Waals surface area contributed by atoms with Crippen LogP contribution in [0.4, 0.5) is 0 Å². The number of carbonyl (C=O) groups excluding carboxylic acids is 1. The average Bonchev–Trinajstić information content (AvgIpc) is 3.04. The highest BCUT2D eigenvalue weighted by Crippen LogP contribution is 2.48. The predicted molar refractivity (Wildman–Crippen MR) is 106 cm³/mol. The largest absolute Gasteiger partial charge is 0.357 e. The van der Waals surface area contributed by atoms with Crippen molar-refractivity contribution in [2.45, 2.75) is 42.2 Å². The number of thioether (sulfide) groups is 2. The van der Waals surface area contributed by atoms with Gasteiger partial charge in [-0.25, -0.2) is 8.93 Å². The van der Waals surface area contributed by atoms with Crippen LogP contribution in [0.15, 0.2) is 29.2 Å². The Hall–Kier alpha value is -0.500. The van der Waals surface area contributed by atoms with Crippen LogP contribution in [0.1, 0.15) is 25.8 Å². The van der Waals surface area contributed by atoms with Crippen molar-refractivity contribution in [3.8, 4) is 0 Å². The quantitative estimate of drug-likeness (QED) is 0.756. The van der Waals surface area contributed by atoms with Crippen LogP contribution in [-0.2, 0) is 15.8 Å². The zero-order chi connectivity index (χ0) is 17.7. The normalized spacial score (nSPS) is 19.2. The van der Waals surface area contributed by atoms with Crippen molar-refractivity contribution < 1.29 is 9.00 Å². The van der Waals surface area contributed by atoms with E-state index < -0.39 is 15.1 Å². The summed E-state index contributed by atoms with van der Waals surface area (Å²) in [6.07, 6.45) is 0.797. The second-order valence-electron chi connectivity index (χ2n) is 6.33. The van der Waals surface area contributed by atoms with E-state index in [0.29, 0.717) is 5.92 Å². The summed E-state index contributed by atoms with van der Waals surface area (Å²) in [7, 11) is 0.338. The maximum absolute atomic E-state index is 12.8. The summed E-state index contributed by atoms with van der Waals surface area (Å²) in [6.45, 7) is 6.27. The van der Waals surface area contributed by atoms with Crippen LogP contribution < -0.4 is 10.0 Å². The van der Waals surface area contributed by atoms with Crippen molar-refractivity contribution in [3.63, 3.8) is 0 Å². The maximum Gasteiger partial charge on any atom is 0.247 e. The second kappa shape index (κ2) is 8.74. The zero-order valence-electron chi connectivity index (χ0n) is 14.6. The first-order valence-corrected chi connectivity index (χ1v) is 11.3. The van der Waals surface area contributed by atoms with Crippen molar-refractivity contribution in [2.24, 2.45) is 5.92 Å². The molecule has 24 heavy (non-hydrogen) atoms. The number of nitrogens with one attached hydrogen (secondary N) is 2. The fraction of sp³-hybridized carbons (Fsp3) is 0.588. The number of rotatable bonds is 7. The Morgan fingerprint density at radius 2 is 1.83 bits per heavy atom. The van der Waals surface area contributed by atoms with Crippen molar-refractivity contribution in [2.75, 3.05) is 18.6 Å². The molecule has 1 fully saturated rings. The van der Waals surface area contributed by atoms with Gasteiger partial charge in [0, 0.05) is 18.6 Å². The molecule has 1 aliphatic rings. The summed E-state index contributed by atoms with van der Waals surface area (Å²) in [4.78, 5) is 13.4. The SMILES string of the molecule is CNC(=O)C1([C@H](CC(C)C)NS(=O)c2ccc(C)cc2)SCCS1. The fourth-order valence-corrected chi connectivity index (χ4v) is 7.19. The molecule has 4 nitrogen and oxygen atoms in total. The molecular formula is C17H26N2O2S3. The topological polar surface area (TPSA) is 58.2 Å². The Morgan fingerprint density at radius 1 is 1.25 bits per heavy atom. The molecule has 1 saturated heterocycles. The van der Waals surface area contributed by atoms with Crippen LogP contribution in [0.25, 0.3) is 0 Å². The van der Waals surface area contributed by atoms with Gasteiger partial charge in [0.15, 0.2) is 4.08 Å². The van der Waals surface area contributed by atoms with Crippen molar-refractivity contribution >= 4 is 40.4 Å². The molecule has 2 N–H and O–H groups in total. The van der Waals surface area contributed by atoms with Gasteiger partial charge < -0.3 is 5.32 Å². The van der Waals surface area contributed by atoms with Gasteiger partial charge >= 0.3 is 0 Å². The number of amides is 1. The lowest BCUT2D eigenvalue weighted by Crippen LogP contribution is -2.54. The third-order valence-corrected chi connectivity index (χ3v) is 8.69. The Balaban J connectivity index is 2.25. The monoisotopic (exact) mass is 386 g/mol. The van der Waals surface area contributed by atoms with Gasteiger partial charge in [0.1, 0.15) is 11.0 Å². The molecule has 2 atom stereocenters. The van der Waals surface area contributed by atoms with Crippen molar-refractivity contribution in [1.82, 2.24) is 10.0 Å². The first kappa shape index (κ1) is 19.8. The molecule has 1 aliphatic heterocycles. The van der Waals surface area contributed by atoms with Gasteiger partial charge in [-0.1, -0.05) is 31.5 Å². The van der Waals surface area contributed by atoms with E-state index in [1.165, 1.54) is 0 Å². The first-order chi connectivity index (χ1) is 11.4. The highest BCUT2D eigenvalue weighted by atomic mass is 32.2. The molecule has 2 rings (SSSR count). The van der Waals surface area contributed by atoms with Crippen LogP contribution in [0.5, 0.6) is 0 Å². The highest BCUT2D eigenvalue weighted by molar-refractivity contribution is 8.22. The molecule has 134 valence electrons. The summed E-state index contributed by atoms with van der Waals surface area (Å²) in [5.74, 6) is 2.28. The standard InChI is InChI=1S/C17H26N2O2S3/c1-12(2)11-15(17(16(20)18-4)22-9-10-23-17)19-24(21)14-7-5-13(3)6-8-14/h5-8,12,15,19H,9-11H2,1-4H3,(H,18,20)/t15-,24?/m0/s1. The first-order valence-electron chi connectivity index (χ1n) is 8.13. The lowest BCUT2D eigenvalue weighted by Gasteiger charge is -2.35. The van der Waals surface area contributed by atoms with Crippen LogP contribution >= 0.6 is 23.5 Å². The second-order valence-corrected chi connectivity index (χ2v) is 10.5. The van der Waals surface area contributed by atoms with E-state index in [9.17, 15) is 9.00 Å². The molecule has 0 aliphatic carbocycles. The molecule has 0 saturated carbocycles. The lowest BCUT2D eigenvalue weighted by molar-refractivity contribution is -0.121. The van der Waals surface area contributed by atoms with Crippen LogP contribution in [0.2, 0.25) is 0 Å². The summed E-state index contributed by atoms with van der Waals surface area (Å²) in [5.41, 5.74) is 1.14. The van der Waals surface area contributed by atoms with E-state index in [1.807, 2.05) is 31.2 Å². The van der Waals surface area contributed by atoms with E-state index in [4.69, 9.17) is 0 Å². The van der Waals surface area contributed by atoms with E-state index >= 15 is 0 Å². The molecular weight excluding hydrogens is 360 g/mol. The predicted octanol–water partition coefficient (Wildman–Crippen LogP) is 2.94. The summed E-state index contributed by atoms with van der Waals surface area (Å²) in [6, 6.07) is 7.52. The summed E-state index contributed by atoms with van der Waals surface area (Å²) in [5, 5.41) is 2.80. The number of benzene rings is 1. The number of carbonyl (C=O) groups is 1. The molecule has 0 bridgehead atoms. The molecule has 1 aromatic rings. The smallest absolute Gasteiger partial charge is 0.247 e. The van der Waals surface area contributed by atoms with Crippen molar-refractivity contribution in [1.29, 1.82) is 0 Å². The number of aryl methyl sites for hydroxylation is 1. The molecule has 1 heterocycles. The Bertz CT molecular complexity index is 584. The molecule has 0 aromatic heterocycles. The van der Waals surface area contributed by atoms with Crippen LogP contribution in [0, 0.1) is 12.8 Å². The fourth-order valence-electron chi connectivity index (χ4n) is 2.70. The minimum absolute atomic E-state index is 0.00839. The Labute approximate surface area is 155 Å². The third kappa shape index (κ3) is 4.56. The minimum atomic E-state index is -1.34. The highest BCUT2D eigenvalue weighted by Gasteiger charge is 2.49. The molecule has 7 heteroatoms. The third-order valence-electron chi connectivity index (χ3n) is 3.91. The molecule has 1 aromatic carbocycles. The molecule has 0 radical (unpaired) electrons. The van der Waals surface area contributed by atoms with Gasteiger partial charge in [-0.2, -0.15) is 0 Å². The van der Waals surface area contributed by atoms with Gasteiger partial charge in [-0.15, -0.1) is 23.5 Å². The zero-order valence-corrected chi connectivity index (χ0v) is 17.1. The van der Waals surface area contributed by atoms with Gasteiger partial charge in [0.2, 0.25) is 5.91 Å². The molecule has 1 unspecified atom stereocenters. The van der Waals surface area contributed by atoms with E-state index in [0.717, 1.165) is 28.4 Å². The van der Waals surface area contributed by atoms with Gasteiger partial charge in [0.25, 0.3) is 0 Å². The Morgan fingerprint density at radius 3 is 2.33 bits per heavy atom. The summed E-state index contributed by atoms with van der Waals surface area (Å²) < 4.78 is 15.4. The lowest BCUT2D eigenvalue weighted by atomic mass is 10.0. The average molecular weight is 387 g/mol. The number of hydrogen-bond donors (Lipinski definition) is 2. The van der Waals surface area contributed by atoms with Crippen molar-refractivity contribution in [3.05, 3.63) is 29.8 Å². The Kier molecular flexibility index (Phi) is 7.22. The number of hydrogen-bond acceptors (Lipinski definition) is 4. The van der Waals surface area contributed by atoms with Crippen LogP contribution in [0.3, 0.4) is 0 Å². The summed E-state index contributed by atoms with van der Waals surface area (Å²) >= 11 is 3.33. The van der Waals surface area contributed by atoms with Gasteiger partial charge in [0.05, 0.1) is 10.9 Å². The van der Waals surface area contributed by atoms with Gasteiger partial charge in [-0.05, 0) is 31.4 Å².